The summed E-state index contributed by atoms with van der Waals surface area (Å²) in [6.45, 7) is 7.11. The second-order valence-electron chi connectivity index (χ2n) is 3.21. The third-order valence-corrected chi connectivity index (χ3v) is 1.80. The number of hydrogen-bond acceptors (Lipinski definition) is 4. The Morgan fingerprint density at radius 3 is 1.50 bits per heavy atom. The van der Waals surface area contributed by atoms with E-state index in [9.17, 15) is 0 Å². The van der Waals surface area contributed by atoms with E-state index in [1.54, 1.807) is 24.7 Å². The van der Waals surface area contributed by atoms with Crippen molar-refractivity contribution in [3.63, 3.8) is 0 Å². The predicted octanol–water partition coefficient (Wildman–Crippen LogP) is 3.84. The van der Waals surface area contributed by atoms with Crippen molar-refractivity contribution in [2.45, 2.75) is 12.8 Å². The first kappa shape index (κ1) is 13.7. The van der Waals surface area contributed by atoms with Gasteiger partial charge in [-0.2, -0.15) is 0 Å². The minimum Gasteiger partial charge on any atom is -0.466 e. The van der Waals surface area contributed by atoms with Gasteiger partial charge >= 0.3 is 0 Å². The standard InChI is InChI=1S/2C7H8O2/c2*1-2-3-7-6-8-4-5-9-7/h2*2,4-6H,1,3H2. The molecule has 0 radical (unpaired) electrons. The van der Waals surface area contributed by atoms with Gasteiger partial charge in [-0.1, -0.05) is 12.2 Å². The maximum Gasteiger partial charge on any atom is 0.142 e. The Bertz CT molecular complexity index is 343. The summed E-state index contributed by atoms with van der Waals surface area (Å²) >= 11 is 0. The van der Waals surface area contributed by atoms with Crippen LogP contribution in [0, 0.1) is 0 Å². The van der Waals surface area contributed by atoms with Crippen molar-refractivity contribution in [1.29, 1.82) is 0 Å². The molecule has 0 bridgehead atoms. The lowest BCUT2D eigenvalue weighted by Crippen LogP contribution is -1.89. The fraction of sp³-hybridized carbons (Fsp3) is 0.143. The van der Waals surface area contributed by atoms with Gasteiger partial charge in [-0.05, 0) is 0 Å². The molecule has 4 nitrogen and oxygen atoms in total. The molecule has 0 amide bonds. The van der Waals surface area contributed by atoms with E-state index >= 15 is 0 Å². The molecule has 0 saturated heterocycles. The van der Waals surface area contributed by atoms with Gasteiger partial charge in [-0.3, -0.25) is 0 Å². The van der Waals surface area contributed by atoms with Crippen LogP contribution in [-0.4, -0.2) is 0 Å². The molecule has 0 atom stereocenters. The predicted molar refractivity (Wildman–Crippen MR) is 68.4 cm³/mol. The van der Waals surface area contributed by atoms with Crippen molar-refractivity contribution in [2.75, 3.05) is 0 Å². The number of allylic oxidation sites excluding steroid dienone is 2. The summed E-state index contributed by atoms with van der Waals surface area (Å²) in [7, 11) is 0. The van der Waals surface area contributed by atoms with Crippen molar-refractivity contribution in [3.05, 3.63) is 74.4 Å². The van der Waals surface area contributed by atoms with Gasteiger partial charge < -0.3 is 18.9 Å². The Kier molecular flexibility index (Phi) is 6.66. The topological polar surface area (TPSA) is 36.9 Å². The molecule has 18 heavy (non-hydrogen) atoms. The van der Waals surface area contributed by atoms with E-state index in [1.807, 2.05) is 0 Å². The van der Waals surface area contributed by atoms with E-state index in [4.69, 9.17) is 18.9 Å². The van der Waals surface area contributed by atoms with Gasteiger partial charge in [0.15, 0.2) is 0 Å². The summed E-state index contributed by atoms with van der Waals surface area (Å²) in [4.78, 5) is 0. The van der Waals surface area contributed by atoms with Crippen LogP contribution in [0.5, 0.6) is 0 Å². The molecule has 2 aliphatic rings. The Labute approximate surface area is 107 Å². The molecule has 96 valence electrons. The van der Waals surface area contributed by atoms with E-state index < -0.39 is 0 Å². The third kappa shape index (κ3) is 5.65. The summed E-state index contributed by atoms with van der Waals surface area (Å²) in [6, 6.07) is 0. The van der Waals surface area contributed by atoms with Crippen LogP contribution in [0.3, 0.4) is 0 Å². The lowest BCUT2D eigenvalue weighted by atomic mass is 10.4. The molecule has 0 saturated carbocycles. The summed E-state index contributed by atoms with van der Waals surface area (Å²) in [5.41, 5.74) is 0. The second-order valence-corrected chi connectivity index (χ2v) is 3.21. The normalized spacial score (nSPS) is 15.3. The largest absolute Gasteiger partial charge is 0.466 e. The molecule has 4 heteroatoms. The zero-order valence-electron chi connectivity index (χ0n) is 10.1. The van der Waals surface area contributed by atoms with Crippen molar-refractivity contribution in [1.82, 2.24) is 0 Å². The van der Waals surface area contributed by atoms with Gasteiger partial charge in [0.05, 0.1) is 0 Å². The fourth-order valence-electron chi connectivity index (χ4n) is 1.06. The van der Waals surface area contributed by atoms with Gasteiger partial charge in [0.1, 0.15) is 49.1 Å². The molecule has 0 unspecified atom stereocenters. The maximum atomic E-state index is 5.00. The Balaban J connectivity index is 0.000000180. The minimum absolute atomic E-state index is 0.713. The molecular formula is C14H16O4. The zero-order chi connectivity index (χ0) is 13.1. The summed E-state index contributed by atoms with van der Waals surface area (Å²) < 4.78 is 19.6. The monoisotopic (exact) mass is 248 g/mol. The lowest BCUT2D eigenvalue weighted by molar-refractivity contribution is 0.252. The molecule has 0 aromatic carbocycles. The van der Waals surface area contributed by atoms with Gasteiger partial charge in [-0.15, -0.1) is 13.2 Å². The molecule has 0 fully saturated rings. The Morgan fingerprint density at radius 1 is 0.778 bits per heavy atom. The molecule has 0 aromatic heterocycles. The highest BCUT2D eigenvalue weighted by Crippen LogP contribution is 2.09. The minimum atomic E-state index is 0.713. The quantitative estimate of drug-likeness (QED) is 0.708. The first-order valence-corrected chi connectivity index (χ1v) is 5.41. The van der Waals surface area contributed by atoms with Crippen LogP contribution in [0.2, 0.25) is 0 Å². The molecule has 0 aromatic rings. The van der Waals surface area contributed by atoms with Gasteiger partial charge in [-0.25, -0.2) is 0 Å². The van der Waals surface area contributed by atoms with E-state index in [1.165, 1.54) is 25.0 Å². The van der Waals surface area contributed by atoms with Crippen LogP contribution in [-0.2, 0) is 18.9 Å². The highest BCUT2D eigenvalue weighted by atomic mass is 16.5. The average Bonchev–Trinajstić information content (AvgIpc) is 2.43. The Morgan fingerprint density at radius 2 is 1.22 bits per heavy atom. The lowest BCUT2D eigenvalue weighted by Gasteiger charge is -2.06. The van der Waals surface area contributed by atoms with Crippen molar-refractivity contribution in [3.8, 4) is 0 Å². The van der Waals surface area contributed by atoms with Crippen LogP contribution in [0.15, 0.2) is 74.4 Å². The van der Waals surface area contributed by atoms with Crippen molar-refractivity contribution < 1.29 is 18.9 Å². The molecule has 0 aliphatic carbocycles. The zero-order valence-corrected chi connectivity index (χ0v) is 10.1. The summed E-state index contributed by atoms with van der Waals surface area (Å²) in [5.74, 6) is 1.57. The van der Waals surface area contributed by atoms with E-state index in [-0.39, 0.29) is 0 Å². The highest BCUT2D eigenvalue weighted by Gasteiger charge is 1.96. The van der Waals surface area contributed by atoms with Gasteiger partial charge in [0.25, 0.3) is 0 Å². The smallest absolute Gasteiger partial charge is 0.142 e. The van der Waals surface area contributed by atoms with Crippen LogP contribution < -0.4 is 0 Å². The number of hydrogen-bond donors (Lipinski definition) is 0. The maximum absolute atomic E-state index is 5.00. The second kappa shape index (κ2) is 8.75. The molecule has 2 rings (SSSR count). The van der Waals surface area contributed by atoms with E-state index in [2.05, 4.69) is 13.2 Å². The molecule has 0 N–H and O–H groups in total. The van der Waals surface area contributed by atoms with Crippen LogP contribution in [0.1, 0.15) is 12.8 Å². The molecular weight excluding hydrogens is 232 g/mol. The fourth-order valence-corrected chi connectivity index (χ4v) is 1.06. The SMILES string of the molecule is C=CCC1=COC=CO1.C=CCC1=COC=CO1. The first-order chi connectivity index (χ1) is 8.86. The Hall–Kier alpha value is -2.36. The van der Waals surface area contributed by atoms with Gasteiger partial charge in [0, 0.05) is 12.8 Å². The van der Waals surface area contributed by atoms with Crippen LogP contribution in [0.4, 0.5) is 0 Å². The van der Waals surface area contributed by atoms with Crippen molar-refractivity contribution in [2.24, 2.45) is 0 Å². The number of ether oxygens (including phenoxy) is 4. The highest BCUT2D eigenvalue weighted by molar-refractivity contribution is 5.00. The van der Waals surface area contributed by atoms with Crippen LogP contribution in [0.25, 0.3) is 0 Å². The molecule has 2 aliphatic heterocycles. The molecule has 2 heterocycles. The van der Waals surface area contributed by atoms with E-state index in [0.717, 1.165) is 11.5 Å². The summed E-state index contributed by atoms with van der Waals surface area (Å²) in [5, 5.41) is 0. The molecule has 0 spiro atoms. The third-order valence-electron chi connectivity index (χ3n) is 1.80. The van der Waals surface area contributed by atoms with Crippen molar-refractivity contribution >= 4 is 0 Å². The van der Waals surface area contributed by atoms with Crippen LogP contribution >= 0.6 is 0 Å². The average molecular weight is 248 g/mol. The van der Waals surface area contributed by atoms with E-state index in [0.29, 0.717) is 12.8 Å². The number of rotatable bonds is 4. The first-order valence-electron chi connectivity index (χ1n) is 5.41. The van der Waals surface area contributed by atoms with Gasteiger partial charge in [0.2, 0.25) is 0 Å². The summed E-state index contributed by atoms with van der Waals surface area (Å²) in [6.07, 6.45) is 14.0.